The zero-order valence-electron chi connectivity index (χ0n) is 12.3. The van der Waals surface area contributed by atoms with Crippen molar-refractivity contribution < 1.29 is 9.90 Å². The van der Waals surface area contributed by atoms with E-state index >= 15 is 0 Å². The van der Waals surface area contributed by atoms with E-state index in [0.29, 0.717) is 6.54 Å². The van der Waals surface area contributed by atoms with Crippen LogP contribution >= 0.6 is 0 Å². The Morgan fingerprint density at radius 1 is 1.16 bits per heavy atom. The van der Waals surface area contributed by atoms with E-state index in [1.807, 2.05) is 0 Å². The maximum absolute atomic E-state index is 12.2. The minimum atomic E-state index is -0.0319. The van der Waals surface area contributed by atoms with Crippen molar-refractivity contribution in [3.8, 4) is 0 Å². The highest BCUT2D eigenvalue weighted by molar-refractivity contribution is 5.78. The number of rotatable bonds is 4. The average Bonchev–Trinajstić information content (AvgIpc) is 2.46. The number of aliphatic hydroxyl groups excluding tert-OH is 1. The van der Waals surface area contributed by atoms with Gasteiger partial charge >= 0.3 is 0 Å². The molecule has 0 radical (unpaired) electrons. The number of carbonyl (C=O) groups excluding carboxylic acids is 1. The Morgan fingerprint density at radius 2 is 1.79 bits per heavy atom. The number of amides is 1. The molecule has 3 heteroatoms. The van der Waals surface area contributed by atoms with Gasteiger partial charge in [-0.2, -0.15) is 0 Å². The predicted octanol–water partition coefficient (Wildman–Crippen LogP) is 2.87. The van der Waals surface area contributed by atoms with Crippen LogP contribution in [-0.2, 0) is 4.79 Å². The summed E-state index contributed by atoms with van der Waals surface area (Å²) in [5, 5.41) is 12.8. The van der Waals surface area contributed by atoms with E-state index in [9.17, 15) is 9.90 Å². The van der Waals surface area contributed by atoms with E-state index in [2.05, 4.69) is 12.2 Å². The van der Waals surface area contributed by atoms with E-state index in [1.54, 1.807) is 0 Å². The molecule has 0 heterocycles. The van der Waals surface area contributed by atoms with Crippen LogP contribution in [0.25, 0.3) is 0 Å². The number of hydrogen-bond acceptors (Lipinski definition) is 2. The summed E-state index contributed by atoms with van der Waals surface area (Å²) in [6.07, 6.45) is 10.2. The van der Waals surface area contributed by atoms with Crippen LogP contribution in [0.4, 0.5) is 0 Å². The quantitative estimate of drug-likeness (QED) is 0.823. The van der Waals surface area contributed by atoms with E-state index in [0.717, 1.165) is 31.6 Å². The lowest BCUT2D eigenvalue weighted by atomic mass is 9.74. The summed E-state index contributed by atoms with van der Waals surface area (Å²) in [6, 6.07) is 0. The van der Waals surface area contributed by atoms with Crippen molar-refractivity contribution in [3.63, 3.8) is 0 Å². The van der Waals surface area contributed by atoms with Gasteiger partial charge in [0.1, 0.15) is 0 Å². The molecular weight excluding hydrogens is 238 g/mol. The van der Waals surface area contributed by atoms with Gasteiger partial charge < -0.3 is 10.4 Å². The summed E-state index contributed by atoms with van der Waals surface area (Å²) in [4.78, 5) is 12.2. The van der Waals surface area contributed by atoms with Crippen molar-refractivity contribution >= 4 is 5.91 Å². The van der Waals surface area contributed by atoms with E-state index < -0.39 is 0 Å². The molecule has 0 aromatic rings. The summed E-state index contributed by atoms with van der Waals surface area (Å²) < 4.78 is 0. The molecule has 0 atom stereocenters. The molecule has 1 amide bonds. The second-order valence-electron chi connectivity index (χ2n) is 6.89. The van der Waals surface area contributed by atoms with Gasteiger partial charge in [0.05, 0.1) is 6.61 Å². The second-order valence-corrected chi connectivity index (χ2v) is 6.89. The lowest BCUT2D eigenvalue weighted by molar-refractivity contribution is -0.127. The molecule has 0 bridgehead atoms. The van der Waals surface area contributed by atoms with Crippen molar-refractivity contribution in [2.75, 3.05) is 13.2 Å². The van der Waals surface area contributed by atoms with Gasteiger partial charge in [-0.15, -0.1) is 0 Å². The molecule has 0 aliphatic heterocycles. The Balaban J connectivity index is 1.78. The van der Waals surface area contributed by atoms with Crippen LogP contribution in [-0.4, -0.2) is 24.2 Å². The molecular formula is C16H29NO2. The minimum absolute atomic E-state index is 0.0319. The number of carbonyl (C=O) groups is 1. The molecule has 0 unspecified atom stereocenters. The fraction of sp³-hybridized carbons (Fsp3) is 0.938. The SMILES string of the molecule is CC1CCC(C(=O)NCC2(CO)CCCCC2)CC1. The topological polar surface area (TPSA) is 49.3 Å². The Bertz CT molecular complexity index is 289. The predicted molar refractivity (Wildman–Crippen MR) is 76.7 cm³/mol. The van der Waals surface area contributed by atoms with Gasteiger partial charge in [0, 0.05) is 17.9 Å². The minimum Gasteiger partial charge on any atom is -0.396 e. The first-order chi connectivity index (χ1) is 9.15. The molecule has 19 heavy (non-hydrogen) atoms. The zero-order valence-corrected chi connectivity index (χ0v) is 12.3. The van der Waals surface area contributed by atoms with Gasteiger partial charge in [0.2, 0.25) is 5.91 Å². The standard InChI is InChI=1S/C16H29NO2/c1-13-5-7-14(8-6-13)15(19)17-11-16(12-18)9-3-2-4-10-16/h13-14,18H,2-12H2,1H3,(H,17,19). The van der Waals surface area contributed by atoms with Crippen molar-refractivity contribution in [2.24, 2.45) is 17.3 Å². The van der Waals surface area contributed by atoms with Crippen molar-refractivity contribution in [1.82, 2.24) is 5.32 Å². The van der Waals surface area contributed by atoms with Crippen LogP contribution in [0.5, 0.6) is 0 Å². The normalized spacial score (nSPS) is 30.8. The second kappa shape index (κ2) is 6.74. The van der Waals surface area contributed by atoms with Gasteiger partial charge in [-0.05, 0) is 44.4 Å². The third kappa shape index (κ3) is 3.95. The third-order valence-corrected chi connectivity index (χ3v) is 5.27. The van der Waals surface area contributed by atoms with Crippen LogP contribution in [0.3, 0.4) is 0 Å². The Labute approximate surface area is 117 Å². The first kappa shape index (κ1) is 14.8. The van der Waals surface area contributed by atoms with Crippen LogP contribution in [0, 0.1) is 17.3 Å². The summed E-state index contributed by atoms with van der Waals surface area (Å²) in [5.41, 5.74) is -0.0319. The van der Waals surface area contributed by atoms with E-state index in [1.165, 1.54) is 32.1 Å². The molecule has 2 aliphatic rings. The fourth-order valence-electron chi connectivity index (χ4n) is 3.63. The lowest BCUT2D eigenvalue weighted by Crippen LogP contribution is -2.43. The largest absolute Gasteiger partial charge is 0.396 e. The van der Waals surface area contributed by atoms with Crippen molar-refractivity contribution in [2.45, 2.75) is 64.7 Å². The summed E-state index contributed by atoms with van der Waals surface area (Å²) in [5.74, 6) is 1.23. The molecule has 2 N–H and O–H groups in total. The zero-order chi connectivity index (χ0) is 13.7. The molecule has 0 spiro atoms. The van der Waals surface area contributed by atoms with Gasteiger partial charge in [0.25, 0.3) is 0 Å². The molecule has 0 aromatic carbocycles. The Kier molecular flexibility index (Phi) is 5.26. The number of nitrogens with one attached hydrogen (secondary N) is 1. The van der Waals surface area contributed by atoms with Crippen LogP contribution in [0.2, 0.25) is 0 Å². The van der Waals surface area contributed by atoms with Crippen LogP contribution in [0.15, 0.2) is 0 Å². The summed E-state index contributed by atoms with van der Waals surface area (Å²) in [7, 11) is 0. The van der Waals surface area contributed by atoms with Crippen LogP contribution < -0.4 is 5.32 Å². The summed E-state index contributed by atoms with van der Waals surface area (Å²) >= 11 is 0. The van der Waals surface area contributed by atoms with Crippen molar-refractivity contribution in [1.29, 1.82) is 0 Å². The van der Waals surface area contributed by atoms with Gasteiger partial charge in [-0.1, -0.05) is 26.2 Å². The van der Waals surface area contributed by atoms with Gasteiger partial charge in [-0.25, -0.2) is 0 Å². The maximum Gasteiger partial charge on any atom is 0.223 e. The van der Waals surface area contributed by atoms with Crippen LogP contribution in [0.1, 0.15) is 64.7 Å². The number of aliphatic hydroxyl groups is 1. The third-order valence-electron chi connectivity index (χ3n) is 5.27. The molecule has 3 nitrogen and oxygen atoms in total. The molecule has 0 aromatic heterocycles. The smallest absolute Gasteiger partial charge is 0.223 e. The number of hydrogen-bond donors (Lipinski definition) is 2. The van der Waals surface area contributed by atoms with Gasteiger partial charge in [0.15, 0.2) is 0 Å². The van der Waals surface area contributed by atoms with Gasteiger partial charge in [-0.3, -0.25) is 4.79 Å². The molecule has 110 valence electrons. The Morgan fingerprint density at radius 3 is 2.37 bits per heavy atom. The molecule has 2 fully saturated rings. The molecule has 2 rings (SSSR count). The maximum atomic E-state index is 12.2. The first-order valence-electron chi connectivity index (χ1n) is 8.04. The molecule has 0 saturated heterocycles. The summed E-state index contributed by atoms with van der Waals surface area (Å²) in [6.45, 7) is 3.17. The highest BCUT2D eigenvalue weighted by atomic mass is 16.3. The average molecular weight is 267 g/mol. The molecule has 2 saturated carbocycles. The highest BCUT2D eigenvalue weighted by Crippen LogP contribution is 2.35. The fourth-order valence-corrected chi connectivity index (χ4v) is 3.63. The highest BCUT2D eigenvalue weighted by Gasteiger charge is 2.33. The lowest BCUT2D eigenvalue weighted by Gasteiger charge is -2.36. The van der Waals surface area contributed by atoms with E-state index in [4.69, 9.17) is 0 Å². The first-order valence-corrected chi connectivity index (χ1v) is 8.04. The van der Waals surface area contributed by atoms with E-state index in [-0.39, 0.29) is 23.8 Å². The monoisotopic (exact) mass is 267 g/mol. The Hall–Kier alpha value is -0.570. The molecule has 2 aliphatic carbocycles. The van der Waals surface area contributed by atoms with Crippen molar-refractivity contribution in [3.05, 3.63) is 0 Å².